The van der Waals surface area contributed by atoms with Gasteiger partial charge in [-0.3, -0.25) is 0 Å². The topological polar surface area (TPSA) is 34.9 Å². The van der Waals surface area contributed by atoms with Gasteiger partial charge in [-0.05, 0) is 18.9 Å². The van der Waals surface area contributed by atoms with E-state index in [9.17, 15) is 4.79 Å². The molecule has 0 bridgehead atoms. The third-order valence-corrected chi connectivity index (χ3v) is 3.03. The SMILES string of the molecule is Cn1ccc(SC2CC2)nc1=O. The first-order valence-corrected chi connectivity index (χ1v) is 4.84. The zero-order chi connectivity index (χ0) is 8.55. The molecule has 0 aliphatic heterocycles. The van der Waals surface area contributed by atoms with Crippen LogP contribution in [-0.4, -0.2) is 14.8 Å². The minimum atomic E-state index is -0.166. The number of nitrogens with zero attached hydrogens (tertiary/aromatic N) is 2. The van der Waals surface area contributed by atoms with Crippen molar-refractivity contribution in [3.05, 3.63) is 22.7 Å². The highest BCUT2D eigenvalue weighted by Gasteiger charge is 2.23. The first-order chi connectivity index (χ1) is 5.75. The van der Waals surface area contributed by atoms with Gasteiger partial charge in [0.25, 0.3) is 0 Å². The lowest BCUT2D eigenvalue weighted by atomic mass is 10.7. The van der Waals surface area contributed by atoms with Crippen LogP contribution in [0.3, 0.4) is 0 Å². The summed E-state index contributed by atoms with van der Waals surface area (Å²) < 4.78 is 1.48. The summed E-state index contributed by atoms with van der Waals surface area (Å²) in [6, 6.07) is 1.89. The van der Waals surface area contributed by atoms with Gasteiger partial charge in [0.15, 0.2) is 0 Å². The van der Waals surface area contributed by atoms with E-state index in [4.69, 9.17) is 0 Å². The summed E-state index contributed by atoms with van der Waals surface area (Å²) in [6.45, 7) is 0. The lowest BCUT2D eigenvalue weighted by molar-refractivity contribution is 0.781. The molecule has 0 aromatic carbocycles. The number of aromatic nitrogens is 2. The Kier molecular flexibility index (Phi) is 1.92. The van der Waals surface area contributed by atoms with E-state index in [2.05, 4.69) is 4.98 Å². The zero-order valence-electron chi connectivity index (χ0n) is 6.86. The van der Waals surface area contributed by atoms with Crippen LogP contribution in [0.4, 0.5) is 0 Å². The molecule has 0 N–H and O–H groups in total. The van der Waals surface area contributed by atoms with Gasteiger partial charge in [-0.1, -0.05) is 0 Å². The highest BCUT2D eigenvalue weighted by atomic mass is 32.2. The monoisotopic (exact) mass is 182 g/mol. The Morgan fingerprint density at radius 3 is 3.00 bits per heavy atom. The maximum absolute atomic E-state index is 11.1. The molecule has 0 saturated heterocycles. The number of rotatable bonds is 2. The van der Waals surface area contributed by atoms with Gasteiger partial charge in [-0.25, -0.2) is 4.79 Å². The lowest BCUT2D eigenvalue weighted by Crippen LogP contribution is -2.19. The van der Waals surface area contributed by atoms with Crippen LogP contribution in [0.2, 0.25) is 0 Å². The maximum atomic E-state index is 11.1. The Labute approximate surface area is 74.8 Å². The van der Waals surface area contributed by atoms with Crippen molar-refractivity contribution in [3.63, 3.8) is 0 Å². The Balaban J connectivity index is 2.21. The predicted octanol–water partition coefficient (Wildman–Crippen LogP) is 1.03. The van der Waals surface area contributed by atoms with Gasteiger partial charge in [0.2, 0.25) is 0 Å². The highest BCUT2D eigenvalue weighted by Crippen LogP contribution is 2.37. The molecule has 1 aromatic heterocycles. The largest absolute Gasteiger partial charge is 0.348 e. The summed E-state index contributed by atoms with van der Waals surface area (Å²) in [5.74, 6) is 0. The highest BCUT2D eigenvalue weighted by molar-refractivity contribution is 8.00. The van der Waals surface area contributed by atoms with Crippen LogP contribution in [0.15, 0.2) is 22.1 Å². The van der Waals surface area contributed by atoms with Gasteiger partial charge in [-0.15, -0.1) is 11.8 Å². The van der Waals surface area contributed by atoms with E-state index in [1.165, 1.54) is 17.4 Å². The van der Waals surface area contributed by atoms with Gasteiger partial charge in [-0.2, -0.15) is 4.98 Å². The minimum Gasteiger partial charge on any atom is -0.302 e. The average molecular weight is 182 g/mol. The first-order valence-electron chi connectivity index (χ1n) is 3.96. The normalized spacial score (nSPS) is 16.4. The molecule has 1 aliphatic carbocycles. The van der Waals surface area contributed by atoms with Crippen molar-refractivity contribution < 1.29 is 0 Å². The summed E-state index contributed by atoms with van der Waals surface area (Å²) in [5, 5.41) is 1.57. The van der Waals surface area contributed by atoms with Gasteiger partial charge in [0.05, 0.1) is 0 Å². The van der Waals surface area contributed by atoms with Gasteiger partial charge in [0, 0.05) is 18.5 Å². The molecule has 0 radical (unpaired) electrons. The molecule has 0 atom stereocenters. The van der Waals surface area contributed by atoms with Crippen LogP contribution in [0, 0.1) is 0 Å². The molecule has 4 heteroatoms. The fourth-order valence-corrected chi connectivity index (χ4v) is 1.86. The van der Waals surface area contributed by atoms with Crippen molar-refractivity contribution in [1.82, 2.24) is 9.55 Å². The lowest BCUT2D eigenvalue weighted by Gasteiger charge is -1.98. The van der Waals surface area contributed by atoms with E-state index >= 15 is 0 Å². The fourth-order valence-electron chi connectivity index (χ4n) is 0.872. The van der Waals surface area contributed by atoms with Gasteiger partial charge < -0.3 is 4.57 Å². The molecule has 3 nitrogen and oxygen atoms in total. The van der Waals surface area contributed by atoms with E-state index in [0.717, 1.165) is 5.03 Å². The van der Waals surface area contributed by atoms with Crippen LogP contribution in [0.5, 0.6) is 0 Å². The van der Waals surface area contributed by atoms with Crippen molar-refractivity contribution in [2.24, 2.45) is 7.05 Å². The smallest absolute Gasteiger partial charge is 0.302 e. The molecule has 1 aromatic rings. The predicted molar refractivity (Wildman–Crippen MR) is 48.4 cm³/mol. The maximum Gasteiger partial charge on any atom is 0.348 e. The van der Waals surface area contributed by atoms with E-state index in [-0.39, 0.29) is 5.69 Å². The number of hydrogen-bond donors (Lipinski definition) is 0. The molecule has 1 fully saturated rings. The average Bonchev–Trinajstić information content (AvgIpc) is 2.81. The molecular formula is C8H10N2OS. The van der Waals surface area contributed by atoms with Crippen molar-refractivity contribution in [1.29, 1.82) is 0 Å². The molecule has 1 heterocycles. The van der Waals surface area contributed by atoms with E-state index in [1.807, 2.05) is 6.07 Å². The van der Waals surface area contributed by atoms with Crippen molar-refractivity contribution >= 4 is 11.8 Å². The molecular weight excluding hydrogens is 172 g/mol. The third-order valence-electron chi connectivity index (χ3n) is 1.76. The standard InChI is InChI=1S/C8H10N2OS/c1-10-5-4-7(9-8(10)11)12-6-2-3-6/h4-6H,2-3H2,1H3. The third kappa shape index (κ3) is 1.69. The van der Waals surface area contributed by atoms with Crippen LogP contribution < -0.4 is 5.69 Å². The second-order valence-corrected chi connectivity index (χ2v) is 4.30. The first kappa shape index (κ1) is 7.86. The van der Waals surface area contributed by atoms with Crippen LogP contribution in [0.25, 0.3) is 0 Å². The zero-order valence-corrected chi connectivity index (χ0v) is 7.67. The van der Waals surface area contributed by atoms with Crippen molar-refractivity contribution in [2.45, 2.75) is 23.1 Å². The molecule has 12 heavy (non-hydrogen) atoms. The van der Waals surface area contributed by atoms with Gasteiger partial charge >= 0.3 is 5.69 Å². The Bertz CT molecular complexity index is 343. The summed E-state index contributed by atoms with van der Waals surface area (Å²) >= 11 is 1.71. The summed E-state index contributed by atoms with van der Waals surface area (Å²) in [7, 11) is 1.71. The number of aryl methyl sites for hydroxylation is 1. The van der Waals surface area contributed by atoms with E-state index < -0.39 is 0 Å². The van der Waals surface area contributed by atoms with Gasteiger partial charge in [0.1, 0.15) is 5.03 Å². The summed E-state index contributed by atoms with van der Waals surface area (Å²) in [6.07, 6.45) is 4.29. The van der Waals surface area contributed by atoms with Crippen LogP contribution >= 0.6 is 11.8 Å². The quantitative estimate of drug-likeness (QED) is 0.641. The molecule has 0 unspecified atom stereocenters. The Hall–Kier alpha value is -0.770. The number of thioether (sulfide) groups is 1. The molecule has 64 valence electrons. The molecule has 0 spiro atoms. The molecule has 1 saturated carbocycles. The molecule has 0 amide bonds. The fraction of sp³-hybridized carbons (Fsp3) is 0.500. The number of hydrogen-bond acceptors (Lipinski definition) is 3. The van der Waals surface area contributed by atoms with Crippen molar-refractivity contribution in [2.75, 3.05) is 0 Å². The Morgan fingerprint density at radius 1 is 1.67 bits per heavy atom. The van der Waals surface area contributed by atoms with E-state index in [1.54, 1.807) is 25.0 Å². The Morgan fingerprint density at radius 2 is 2.42 bits per heavy atom. The summed E-state index contributed by atoms with van der Waals surface area (Å²) in [4.78, 5) is 15.0. The van der Waals surface area contributed by atoms with Crippen LogP contribution in [0.1, 0.15) is 12.8 Å². The second kappa shape index (κ2) is 2.94. The minimum absolute atomic E-state index is 0.166. The second-order valence-electron chi connectivity index (χ2n) is 2.98. The van der Waals surface area contributed by atoms with Crippen molar-refractivity contribution in [3.8, 4) is 0 Å². The summed E-state index contributed by atoms with van der Waals surface area (Å²) in [5.41, 5.74) is -0.166. The van der Waals surface area contributed by atoms with E-state index in [0.29, 0.717) is 5.25 Å². The molecule has 1 aliphatic rings. The molecule has 2 rings (SSSR count). The van der Waals surface area contributed by atoms with Crippen LogP contribution in [-0.2, 0) is 7.05 Å².